The van der Waals surface area contributed by atoms with Crippen LogP contribution in [-0.2, 0) is 22.3 Å². The molecular weight excluding hydrogens is 784 g/mol. The van der Waals surface area contributed by atoms with Crippen molar-refractivity contribution < 1.29 is 41.0 Å². The van der Waals surface area contributed by atoms with Gasteiger partial charge in [0.2, 0.25) is 0 Å². The molecule has 2 unspecified atom stereocenters. The van der Waals surface area contributed by atoms with Crippen LogP contribution in [0.4, 0.5) is 37.4 Å². The molecule has 0 saturated carbocycles. The number of rotatable bonds is 6. The summed E-state index contributed by atoms with van der Waals surface area (Å²) in [5.41, 5.74) is -2.50. The molecule has 4 aromatic rings. The Morgan fingerprint density at radius 3 is 2.28 bits per heavy atom. The number of benzene rings is 3. The Morgan fingerprint density at radius 1 is 0.914 bits per heavy atom. The summed E-state index contributed by atoms with van der Waals surface area (Å²) in [4.78, 5) is 51.8. The molecule has 3 atom stereocenters. The molecule has 310 valence electrons. The average molecular weight is 829 g/mol. The molecule has 0 radical (unpaired) electrons. The number of carbonyl (C=O) groups is 2. The largest absolute Gasteiger partial charge is 0.445 e. The number of hydrogen-bond donors (Lipinski definition) is 0. The first-order chi connectivity index (χ1) is 27.4. The van der Waals surface area contributed by atoms with Crippen molar-refractivity contribution in [1.82, 2.24) is 24.3 Å². The molecule has 4 heterocycles. The van der Waals surface area contributed by atoms with Gasteiger partial charge in [0.15, 0.2) is 0 Å². The number of anilines is 1. The Labute approximate surface area is 336 Å². The highest BCUT2D eigenvalue weighted by Gasteiger charge is 2.42. The van der Waals surface area contributed by atoms with E-state index in [9.17, 15) is 18.8 Å². The number of aromatic nitrogens is 2. The zero-order valence-electron chi connectivity index (χ0n) is 32.8. The van der Waals surface area contributed by atoms with Gasteiger partial charge in [0.05, 0.1) is 17.1 Å². The summed E-state index contributed by atoms with van der Waals surface area (Å²) >= 11 is 1.08. The van der Waals surface area contributed by atoms with Crippen LogP contribution in [0.2, 0.25) is 0 Å². The maximum atomic E-state index is 15.5. The highest BCUT2D eigenvalue weighted by Crippen LogP contribution is 2.50. The van der Waals surface area contributed by atoms with E-state index in [4.69, 9.17) is 9.47 Å². The zero-order chi connectivity index (χ0) is 41.7. The van der Waals surface area contributed by atoms with Crippen molar-refractivity contribution in [2.45, 2.75) is 76.0 Å². The minimum absolute atomic E-state index is 0.0150. The third kappa shape index (κ3) is 8.46. The third-order valence-electron chi connectivity index (χ3n) is 10.6. The van der Waals surface area contributed by atoms with Gasteiger partial charge in [0.25, 0.3) is 0 Å². The Morgan fingerprint density at radius 2 is 1.62 bits per heavy atom. The Hall–Kier alpha value is -4.90. The monoisotopic (exact) mass is 828 g/mol. The summed E-state index contributed by atoms with van der Waals surface area (Å²) in [5.74, 6) is -1.95. The molecule has 11 nitrogen and oxygen atoms in total. The maximum Gasteiger partial charge on any atom is 0.417 e. The smallest absolute Gasteiger partial charge is 0.417 e. The van der Waals surface area contributed by atoms with Crippen molar-refractivity contribution >= 4 is 40.7 Å². The molecule has 58 heavy (non-hydrogen) atoms. The normalized spacial score (nSPS) is 20.4. The van der Waals surface area contributed by atoms with Gasteiger partial charge in [-0.25, -0.2) is 23.2 Å². The molecule has 17 heteroatoms. The van der Waals surface area contributed by atoms with Crippen LogP contribution in [0.3, 0.4) is 0 Å². The van der Waals surface area contributed by atoms with E-state index in [-0.39, 0.29) is 47.1 Å². The molecule has 2 amide bonds. The molecular formula is C41H45F5N6O5S. The molecule has 2 saturated heterocycles. The maximum absolute atomic E-state index is 15.5. The summed E-state index contributed by atoms with van der Waals surface area (Å²) in [6.45, 7) is 11.2. The zero-order valence-corrected chi connectivity index (χ0v) is 33.6. The fourth-order valence-corrected chi connectivity index (χ4v) is 9.17. The number of thioether (sulfide) groups is 1. The van der Waals surface area contributed by atoms with Crippen LogP contribution < -0.4 is 10.6 Å². The van der Waals surface area contributed by atoms with Crippen LogP contribution in [0, 0.1) is 11.6 Å². The summed E-state index contributed by atoms with van der Waals surface area (Å²) in [6, 6.07) is 11.1. The third-order valence-corrected chi connectivity index (χ3v) is 11.9. The summed E-state index contributed by atoms with van der Waals surface area (Å²) in [5, 5.41) is 0.0427. The van der Waals surface area contributed by atoms with Crippen molar-refractivity contribution in [3.8, 4) is 11.1 Å². The fraction of sp³-hybridized carbons (Fsp3) is 0.463. The van der Waals surface area contributed by atoms with Crippen molar-refractivity contribution in [2.24, 2.45) is 0 Å². The van der Waals surface area contributed by atoms with Gasteiger partial charge in [0.1, 0.15) is 29.7 Å². The lowest BCUT2D eigenvalue weighted by Gasteiger charge is -2.45. The summed E-state index contributed by atoms with van der Waals surface area (Å²) in [7, 11) is 0. The molecule has 3 aliphatic heterocycles. The second-order valence-corrected chi connectivity index (χ2v) is 17.0. The van der Waals surface area contributed by atoms with Crippen molar-refractivity contribution in [3.63, 3.8) is 0 Å². The van der Waals surface area contributed by atoms with Crippen LogP contribution >= 0.6 is 11.8 Å². The van der Waals surface area contributed by atoms with Gasteiger partial charge in [-0.15, -0.1) is 11.8 Å². The van der Waals surface area contributed by atoms with Crippen LogP contribution in [0.25, 0.3) is 22.0 Å². The average Bonchev–Trinajstić information content (AvgIpc) is 3.16. The molecule has 7 rings (SSSR count). The number of amides is 2. The molecule has 0 bridgehead atoms. The first-order valence-corrected chi connectivity index (χ1v) is 20.1. The van der Waals surface area contributed by atoms with Gasteiger partial charge in [-0.3, -0.25) is 9.47 Å². The Balaban J connectivity index is 1.26. The molecule has 1 aromatic heterocycles. The van der Waals surface area contributed by atoms with Crippen LogP contribution in [0.1, 0.15) is 51.8 Å². The van der Waals surface area contributed by atoms with Gasteiger partial charge in [-0.2, -0.15) is 18.2 Å². The van der Waals surface area contributed by atoms with E-state index < -0.39 is 76.1 Å². The van der Waals surface area contributed by atoms with Crippen molar-refractivity contribution in [1.29, 1.82) is 0 Å². The Kier molecular flexibility index (Phi) is 11.4. The minimum atomic E-state index is -4.98. The van der Waals surface area contributed by atoms with Crippen LogP contribution in [0.15, 0.2) is 64.3 Å². The SMILES string of the molecule is CC1CN(c2nc(=O)n3c4c(c(-c5ccc(F)cc5F)c(C(F)(F)F)cc24)SC[C@@H]3CN2CCN(C(=O)OCc3ccccc3)CC2)C(C)CN1C(=O)OC(C)(C)C. The Bertz CT molecular complexity index is 2260. The van der Waals surface area contributed by atoms with E-state index in [1.54, 1.807) is 49.3 Å². The second-order valence-electron chi connectivity index (χ2n) is 16.0. The van der Waals surface area contributed by atoms with E-state index in [0.29, 0.717) is 38.8 Å². The summed E-state index contributed by atoms with van der Waals surface area (Å²) < 4.78 is 87.7. The lowest BCUT2D eigenvalue weighted by atomic mass is 9.95. The van der Waals surface area contributed by atoms with Gasteiger partial charge in [-0.1, -0.05) is 30.3 Å². The highest BCUT2D eigenvalue weighted by molar-refractivity contribution is 7.99. The number of alkyl halides is 3. The topological polar surface area (TPSA) is 100 Å². The number of piperazine rings is 2. The number of carbonyl (C=O) groups excluding carboxylic acids is 2. The predicted molar refractivity (Wildman–Crippen MR) is 210 cm³/mol. The molecule has 2 fully saturated rings. The second kappa shape index (κ2) is 16.0. The fourth-order valence-electron chi connectivity index (χ4n) is 7.85. The minimum Gasteiger partial charge on any atom is -0.445 e. The number of hydrogen-bond acceptors (Lipinski definition) is 9. The van der Waals surface area contributed by atoms with Crippen LogP contribution in [0.5, 0.6) is 0 Å². The summed E-state index contributed by atoms with van der Waals surface area (Å²) in [6.07, 6.45) is -5.96. The highest BCUT2D eigenvalue weighted by atomic mass is 32.2. The van der Waals surface area contributed by atoms with E-state index in [1.807, 2.05) is 30.3 Å². The lowest BCUT2D eigenvalue weighted by molar-refractivity contribution is -0.137. The van der Waals surface area contributed by atoms with E-state index in [1.165, 1.54) is 4.57 Å². The molecule has 0 aliphatic carbocycles. The van der Waals surface area contributed by atoms with E-state index >= 15 is 17.6 Å². The van der Waals surface area contributed by atoms with Gasteiger partial charge in [-0.05, 0) is 58.4 Å². The van der Waals surface area contributed by atoms with E-state index in [2.05, 4.69) is 9.88 Å². The standard InChI is InChI=1S/C41H45F5N6O5S/c1-24-20-51(39(55)57-40(3,4)5)25(2)19-50(24)36-30-18-31(41(44,45)46)33(29-12-11-27(42)17-32(29)43)35-34(30)52(37(53)47-36)28(23-58-35)21-48-13-15-49(16-14-48)38(54)56-22-26-9-7-6-8-10-26/h6-12,17-18,24-25,28H,13-16,19-23H2,1-5H3/t24?,25?,28-/m0/s1. The first kappa shape index (κ1) is 41.3. The molecule has 0 N–H and O–H groups in total. The van der Waals surface area contributed by atoms with Crippen molar-refractivity contribution in [3.05, 3.63) is 87.8 Å². The lowest BCUT2D eigenvalue weighted by Crippen LogP contribution is -2.59. The molecule has 3 aliphatic rings. The molecule has 3 aromatic carbocycles. The first-order valence-electron chi connectivity index (χ1n) is 19.1. The van der Waals surface area contributed by atoms with Gasteiger partial charge in [0, 0.05) is 91.1 Å². The predicted octanol–water partition coefficient (Wildman–Crippen LogP) is 7.80. The number of ether oxygens (including phenoxy) is 2. The molecule has 0 spiro atoms. The van der Waals surface area contributed by atoms with E-state index in [0.717, 1.165) is 35.5 Å². The number of nitrogens with zero attached hydrogens (tertiary/aromatic N) is 6. The number of halogens is 5. The quantitative estimate of drug-likeness (QED) is 0.181. The van der Waals surface area contributed by atoms with Crippen molar-refractivity contribution in [2.75, 3.05) is 56.5 Å². The van der Waals surface area contributed by atoms with Gasteiger partial charge >= 0.3 is 24.1 Å². The van der Waals surface area contributed by atoms with Crippen LogP contribution in [-0.4, -0.2) is 106 Å². The van der Waals surface area contributed by atoms with Gasteiger partial charge < -0.3 is 24.2 Å².